The molecule has 0 spiro atoms. The van der Waals surface area contributed by atoms with Crippen molar-refractivity contribution in [1.29, 1.82) is 0 Å². The third-order valence-electron chi connectivity index (χ3n) is 2.62. The number of nitrogens with one attached hydrogen (secondary N) is 1. The molecule has 1 aliphatic rings. The van der Waals surface area contributed by atoms with Gasteiger partial charge in [0, 0.05) is 10.9 Å². The van der Waals surface area contributed by atoms with Crippen LogP contribution in [0.2, 0.25) is 0 Å². The van der Waals surface area contributed by atoms with Gasteiger partial charge in [0.2, 0.25) is 0 Å². The quantitative estimate of drug-likeness (QED) is 0.791. The van der Waals surface area contributed by atoms with Crippen LogP contribution in [0.25, 0.3) is 0 Å². The van der Waals surface area contributed by atoms with Gasteiger partial charge in [-0.15, -0.1) is 11.3 Å². The normalized spacial score (nSPS) is 30.6. The highest BCUT2D eigenvalue weighted by atomic mass is 32.1. The molecule has 1 aliphatic heterocycles. The maximum absolute atomic E-state index is 10.7. The van der Waals surface area contributed by atoms with Crippen molar-refractivity contribution in [3.8, 4) is 0 Å². The van der Waals surface area contributed by atoms with Gasteiger partial charge in [-0.05, 0) is 31.2 Å². The van der Waals surface area contributed by atoms with Crippen LogP contribution in [-0.2, 0) is 16.0 Å². The summed E-state index contributed by atoms with van der Waals surface area (Å²) in [5.41, 5.74) is -0.764. The van der Waals surface area contributed by atoms with Crippen LogP contribution in [-0.4, -0.2) is 24.7 Å². The van der Waals surface area contributed by atoms with Gasteiger partial charge in [-0.1, -0.05) is 6.07 Å². The summed E-state index contributed by atoms with van der Waals surface area (Å²) in [6, 6.07) is 4.50. The van der Waals surface area contributed by atoms with E-state index in [1.165, 1.54) is 4.88 Å². The van der Waals surface area contributed by atoms with Gasteiger partial charge in [-0.2, -0.15) is 0 Å². The van der Waals surface area contributed by atoms with Crippen molar-refractivity contribution in [3.05, 3.63) is 22.4 Å². The van der Waals surface area contributed by atoms with E-state index in [0.29, 0.717) is 12.6 Å². The van der Waals surface area contributed by atoms with E-state index in [9.17, 15) is 4.79 Å². The van der Waals surface area contributed by atoms with Crippen molar-refractivity contribution in [1.82, 2.24) is 5.32 Å². The molecular weight excluding hydrogens is 210 g/mol. The van der Waals surface area contributed by atoms with E-state index in [2.05, 4.69) is 22.8 Å². The van der Waals surface area contributed by atoms with Crippen LogP contribution >= 0.6 is 11.3 Å². The van der Waals surface area contributed by atoms with Crippen molar-refractivity contribution in [3.63, 3.8) is 0 Å². The van der Waals surface area contributed by atoms with Crippen LogP contribution in [0.1, 0.15) is 18.2 Å². The zero-order valence-corrected chi connectivity index (χ0v) is 9.55. The minimum Gasteiger partial charge on any atom is -0.352 e. The van der Waals surface area contributed by atoms with Crippen LogP contribution < -0.4 is 5.32 Å². The zero-order chi connectivity index (χ0) is 10.7. The minimum atomic E-state index is -0.764. The van der Waals surface area contributed by atoms with Crippen molar-refractivity contribution in [2.45, 2.75) is 31.5 Å². The molecule has 1 N–H and O–H groups in total. The Kier molecular flexibility index (Phi) is 3.19. The zero-order valence-electron chi connectivity index (χ0n) is 8.73. The Labute approximate surface area is 93.4 Å². The third-order valence-corrected chi connectivity index (χ3v) is 3.56. The van der Waals surface area contributed by atoms with Crippen molar-refractivity contribution >= 4 is 17.6 Å². The molecule has 1 fully saturated rings. The SMILES string of the molecule is CC1(C=O)N[C@H](CCc2cccs2)CO1. The fourth-order valence-corrected chi connectivity index (χ4v) is 2.48. The Balaban J connectivity index is 1.80. The van der Waals surface area contributed by atoms with Gasteiger partial charge in [-0.3, -0.25) is 10.1 Å². The molecule has 0 amide bonds. The molecule has 0 aliphatic carbocycles. The molecule has 0 bridgehead atoms. The Morgan fingerprint density at radius 2 is 2.67 bits per heavy atom. The first-order chi connectivity index (χ1) is 7.22. The van der Waals surface area contributed by atoms with E-state index < -0.39 is 5.72 Å². The Morgan fingerprint density at radius 1 is 1.80 bits per heavy atom. The number of aryl methyl sites for hydroxylation is 1. The van der Waals surface area contributed by atoms with Gasteiger partial charge in [0.25, 0.3) is 0 Å². The van der Waals surface area contributed by atoms with Gasteiger partial charge in [-0.25, -0.2) is 0 Å². The lowest BCUT2D eigenvalue weighted by molar-refractivity contribution is -0.125. The summed E-state index contributed by atoms with van der Waals surface area (Å²) < 4.78 is 5.40. The predicted molar refractivity (Wildman–Crippen MR) is 60.0 cm³/mol. The largest absolute Gasteiger partial charge is 0.352 e. The van der Waals surface area contributed by atoms with E-state index in [1.54, 1.807) is 18.3 Å². The maximum atomic E-state index is 10.7. The first-order valence-electron chi connectivity index (χ1n) is 5.12. The van der Waals surface area contributed by atoms with Gasteiger partial charge in [0.15, 0.2) is 12.0 Å². The second kappa shape index (κ2) is 4.43. The summed E-state index contributed by atoms with van der Waals surface area (Å²) in [7, 11) is 0. The summed E-state index contributed by atoms with van der Waals surface area (Å²) >= 11 is 1.77. The number of ether oxygens (including phenoxy) is 1. The van der Waals surface area contributed by atoms with Crippen molar-refractivity contribution in [2.24, 2.45) is 0 Å². The minimum absolute atomic E-state index is 0.294. The van der Waals surface area contributed by atoms with Crippen LogP contribution in [0, 0.1) is 0 Å². The van der Waals surface area contributed by atoms with E-state index in [-0.39, 0.29) is 0 Å². The number of hydrogen-bond donors (Lipinski definition) is 1. The first kappa shape index (κ1) is 10.8. The van der Waals surface area contributed by atoms with E-state index in [4.69, 9.17) is 4.74 Å². The average Bonchev–Trinajstić information content (AvgIpc) is 2.85. The van der Waals surface area contributed by atoms with Crippen LogP contribution in [0.3, 0.4) is 0 Å². The molecule has 2 heterocycles. The fourth-order valence-electron chi connectivity index (χ4n) is 1.76. The predicted octanol–water partition coefficient (Wildman–Crippen LogP) is 1.58. The van der Waals surface area contributed by atoms with E-state index in [1.807, 2.05) is 0 Å². The topological polar surface area (TPSA) is 38.3 Å². The van der Waals surface area contributed by atoms with Crippen molar-refractivity contribution in [2.75, 3.05) is 6.61 Å². The lowest BCUT2D eigenvalue weighted by Crippen LogP contribution is -2.42. The van der Waals surface area contributed by atoms with Crippen molar-refractivity contribution < 1.29 is 9.53 Å². The number of carbonyl (C=O) groups is 1. The summed E-state index contributed by atoms with van der Waals surface area (Å²) in [5, 5.41) is 5.28. The second-order valence-corrected chi connectivity index (χ2v) is 5.03. The molecule has 1 unspecified atom stereocenters. The molecule has 1 aromatic rings. The van der Waals surface area contributed by atoms with Gasteiger partial charge >= 0.3 is 0 Å². The highest BCUT2D eigenvalue weighted by molar-refractivity contribution is 7.09. The summed E-state index contributed by atoms with van der Waals surface area (Å²) in [5.74, 6) is 0. The molecule has 2 rings (SSSR count). The molecule has 3 nitrogen and oxygen atoms in total. The standard InChI is InChI=1S/C11H15NO2S/c1-11(8-13)12-9(7-14-11)4-5-10-3-2-6-15-10/h2-3,6,8-9,12H,4-5,7H2,1H3/t9-,11?/m1/s1. The smallest absolute Gasteiger partial charge is 0.172 e. The summed E-state index contributed by atoms with van der Waals surface area (Å²) in [6.45, 7) is 2.39. The van der Waals surface area contributed by atoms with Crippen LogP contribution in [0.5, 0.6) is 0 Å². The van der Waals surface area contributed by atoms with Gasteiger partial charge in [0.05, 0.1) is 6.61 Å². The Morgan fingerprint density at radius 3 is 3.27 bits per heavy atom. The molecule has 0 aromatic carbocycles. The van der Waals surface area contributed by atoms with Crippen LogP contribution in [0.15, 0.2) is 17.5 Å². The molecule has 4 heteroatoms. The molecular formula is C11H15NO2S. The molecule has 2 atom stereocenters. The number of aldehydes is 1. The number of hydrogen-bond acceptors (Lipinski definition) is 4. The highest BCUT2D eigenvalue weighted by Gasteiger charge is 2.34. The van der Waals surface area contributed by atoms with Gasteiger partial charge < -0.3 is 4.74 Å². The van der Waals surface area contributed by atoms with Crippen LogP contribution in [0.4, 0.5) is 0 Å². The molecule has 1 saturated heterocycles. The third kappa shape index (κ3) is 2.65. The molecule has 15 heavy (non-hydrogen) atoms. The first-order valence-corrected chi connectivity index (χ1v) is 6.00. The van der Waals surface area contributed by atoms with E-state index >= 15 is 0 Å². The number of thiophene rings is 1. The number of rotatable bonds is 4. The molecule has 0 saturated carbocycles. The van der Waals surface area contributed by atoms with E-state index in [0.717, 1.165) is 19.1 Å². The fraction of sp³-hybridized carbons (Fsp3) is 0.545. The molecule has 82 valence electrons. The molecule has 0 radical (unpaired) electrons. The lowest BCUT2D eigenvalue weighted by atomic mass is 10.1. The lowest BCUT2D eigenvalue weighted by Gasteiger charge is -2.16. The van der Waals surface area contributed by atoms with Gasteiger partial charge in [0.1, 0.15) is 0 Å². The maximum Gasteiger partial charge on any atom is 0.172 e. The Bertz CT molecular complexity index is 325. The summed E-state index contributed by atoms with van der Waals surface area (Å²) in [6.07, 6.45) is 2.90. The Hall–Kier alpha value is -0.710. The second-order valence-electron chi connectivity index (χ2n) is 4.00. The summed E-state index contributed by atoms with van der Waals surface area (Å²) in [4.78, 5) is 12.1. The monoisotopic (exact) mass is 225 g/mol. The highest BCUT2D eigenvalue weighted by Crippen LogP contribution is 2.18. The average molecular weight is 225 g/mol. The number of carbonyl (C=O) groups excluding carboxylic acids is 1. The molecule has 1 aromatic heterocycles.